The third-order valence-corrected chi connectivity index (χ3v) is 7.06. The highest BCUT2D eigenvalue weighted by molar-refractivity contribution is 7.18. The summed E-state index contributed by atoms with van der Waals surface area (Å²) in [6.45, 7) is 1.36. The highest BCUT2D eigenvalue weighted by Gasteiger charge is 2.18. The van der Waals surface area contributed by atoms with Crippen LogP contribution in [0.4, 0.5) is 0 Å². The van der Waals surface area contributed by atoms with Crippen molar-refractivity contribution in [1.29, 1.82) is 0 Å². The predicted molar refractivity (Wildman–Crippen MR) is 137 cm³/mol. The summed E-state index contributed by atoms with van der Waals surface area (Å²) in [6.07, 6.45) is 0.994. The second kappa shape index (κ2) is 10.5. The van der Waals surface area contributed by atoms with E-state index in [-0.39, 0.29) is 11.0 Å². The van der Waals surface area contributed by atoms with Gasteiger partial charge in [-0.2, -0.15) is 0 Å². The maximum Gasteiger partial charge on any atom is 0.257 e. The number of aliphatic hydroxyl groups is 1. The molecule has 2 heterocycles. The highest BCUT2D eigenvalue weighted by Crippen LogP contribution is 2.25. The van der Waals surface area contributed by atoms with Gasteiger partial charge in [-0.1, -0.05) is 54.1 Å². The van der Waals surface area contributed by atoms with Gasteiger partial charge in [-0.25, -0.2) is 0 Å². The van der Waals surface area contributed by atoms with Crippen molar-refractivity contribution in [1.82, 2.24) is 14.8 Å². The third-order valence-electron chi connectivity index (χ3n) is 5.60. The molecule has 0 saturated heterocycles. The van der Waals surface area contributed by atoms with Crippen molar-refractivity contribution in [2.24, 2.45) is 7.05 Å². The van der Waals surface area contributed by atoms with Gasteiger partial charge < -0.3 is 15.0 Å². The smallest absolute Gasteiger partial charge is 0.257 e. The van der Waals surface area contributed by atoms with Gasteiger partial charge in [-0.3, -0.25) is 14.5 Å². The summed E-state index contributed by atoms with van der Waals surface area (Å²) in [5.41, 5.74) is 1.60. The number of nitrogens with zero attached hydrogens (tertiary/aromatic N) is 2. The molecule has 0 spiro atoms. The first-order valence-corrected chi connectivity index (χ1v) is 12.1. The second-order valence-electron chi connectivity index (χ2n) is 8.35. The van der Waals surface area contributed by atoms with Gasteiger partial charge in [-0.15, -0.1) is 11.3 Å². The van der Waals surface area contributed by atoms with E-state index in [0.29, 0.717) is 30.0 Å². The van der Waals surface area contributed by atoms with Crippen LogP contribution < -0.4 is 10.7 Å². The number of rotatable bonds is 8. The molecule has 0 fully saturated rings. The summed E-state index contributed by atoms with van der Waals surface area (Å²) in [5.74, 6) is -0.409. The first kappa shape index (κ1) is 24.2. The molecule has 6 nitrogen and oxygen atoms in total. The Morgan fingerprint density at radius 3 is 2.59 bits per heavy atom. The van der Waals surface area contributed by atoms with E-state index in [1.165, 1.54) is 11.3 Å². The van der Waals surface area contributed by atoms with Crippen molar-refractivity contribution in [3.05, 3.63) is 104 Å². The minimum absolute atomic E-state index is 0.112. The molecule has 0 unspecified atom stereocenters. The SMILES string of the molecule is CN(Cc1cc2c(=O)c(C(=O)NCc3ccc(Cl)cc3)cn(C)c2s1)C[C@@H](O)c1ccccc1. The average molecular weight is 496 g/mol. The van der Waals surface area contributed by atoms with E-state index in [4.69, 9.17) is 11.6 Å². The van der Waals surface area contributed by atoms with Crippen molar-refractivity contribution >= 4 is 39.1 Å². The summed E-state index contributed by atoms with van der Waals surface area (Å²) in [5, 5.41) is 14.5. The zero-order valence-corrected chi connectivity index (χ0v) is 20.6. The Bertz CT molecular complexity index is 1350. The number of benzene rings is 2. The monoisotopic (exact) mass is 495 g/mol. The molecule has 1 atom stereocenters. The minimum Gasteiger partial charge on any atom is -0.387 e. The van der Waals surface area contributed by atoms with Crippen LogP contribution in [0.2, 0.25) is 5.02 Å². The number of thiophene rings is 1. The van der Waals surface area contributed by atoms with Crippen molar-refractivity contribution in [2.45, 2.75) is 19.2 Å². The van der Waals surface area contributed by atoms with Crippen LogP contribution in [0.25, 0.3) is 10.2 Å². The molecule has 4 rings (SSSR count). The Kier molecular flexibility index (Phi) is 7.48. The Balaban J connectivity index is 1.48. The number of aliphatic hydroxyl groups excluding tert-OH is 1. The van der Waals surface area contributed by atoms with Gasteiger partial charge in [-0.05, 0) is 36.4 Å². The van der Waals surface area contributed by atoms with Crippen molar-refractivity contribution < 1.29 is 9.90 Å². The summed E-state index contributed by atoms with van der Waals surface area (Å²) in [7, 11) is 3.77. The number of nitrogens with one attached hydrogen (secondary N) is 1. The number of hydrogen-bond donors (Lipinski definition) is 2. The quantitative estimate of drug-likeness (QED) is 0.381. The van der Waals surface area contributed by atoms with Crippen LogP contribution >= 0.6 is 22.9 Å². The second-order valence-corrected chi connectivity index (χ2v) is 9.90. The fourth-order valence-electron chi connectivity index (χ4n) is 3.84. The van der Waals surface area contributed by atoms with Gasteiger partial charge in [0, 0.05) is 42.8 Å². The van der Waals surface area contributed by atoms with Gasteiger partial charge in [0.2, 0.25) is 5.43 Å². The molecule has 0 bridgehead atoms. The first-order chi connectivity index (χ1) is 16.3. The predicted octanol–water partition coefficient (Wildman–Crippen LogP) is 4.35. The van der Waals surface area contributed by atoms with E-state index < -0.39 is 12.0 Å². The molecule has 0 saturated carbocycles. The van der Waals surface area contributed by atoms with Crippen molar-refractivity contribution in [3.8, 4) is 0 Å². The number of aromatic nitrogens is 1. The lowest BCUT2D eigenvalue weighted by Gasteiger charge is -2.20. The molecule has 0 radical (unpaired) electrons. The number of pyridine rings is 1. The molecule has 0 aliphatic heterocycles. The molecule has 8 heteroatoms. The summed E-state index contributed by atoms with van der Waals surface area (Å²) >= 11 is 7.42. The molecule has 2 aromatic heterocycles. The van der Waals surface area contributed by atoms with E-state index in [0.717, 1.165) is 20.8 Å². The lowest BCUT2D eigenvalue weighted by atomic mass is 10.1. The number of likely N-dealkylation sites (N-methyl/N-ethyl adjacent to an activating group) is 1. The zero-order valence-electron chi connectivity index (χ0n) is 19.0. The van der Waals surface area contributed by atoms with E-state index in [2.05, 4.69) is 5.32 Å². The van der Waals surface area contributed by atoms with E-state index in [1.807, 2.05) is 72.1 Å². The fourth-order valence-corrected chi connectivity index (χ4v) is 5.13. The number of carbonyl (C=O) groups is 1. The number of aryl methyl sites for hydroxylation is 1. The molecular weight excluding hydrogens is 470 g/mol. The lowest BCUT2D eigenvalue weighted by molar-refractivity contribution is 0.0949. The van der Waals surface area contributed by atoms with Crippen LogP contribution in [-0.2, 0) is 20.1 Å². The van der Waals surface area contributed by atoms with Crippen LogP contribution in [0.3, 0.4) is 0 Å². The largest absolute Gasteiger partial charge is 0.387 e. The number of hydrogen-bond acceptors (Lipinski definition) is 5. The Labute approximate surface area is 207 Å². The van der Waals surface area contributed by atoms with Crippen molar-refractivity contribution in [3.63, 3.8) is 0 Å². The average Bonchev–Trinajstić information content (AvgIpc) is 3.26. The van der Waals surface area contributed by atoms with E-state index in [9.17, 15) is 14.7 Å². The molecular formula is C26H26ClN3O3S. The number of halogens is 1. The molecule has 2 aromatic carbocycles. The van der Waals surface area contributed by atoms with Crippen LogP contribution in [0, 0.1) is 0 Å². The van der Waals surface area contributed by atoms with E-state index >= 15 is 0 Å². The third kappa shape index (κ3) is 5.56. The molecule has 2 N–H and O–H groups in total. The van der Waals surface area contributed by atoms with Crippen molar-refractivity contribution in [2.75, 3.05) is 13.6 Å². The van der Waals surface area contributed by atoms with Crippen LogP contribution in [0.1, 0.15) is 32.5 Å². The molecule has 1 amide bonds. The Hall–Kier alpha value is -2.97. The molecule has 34 heavy (non-hydrogen) atoms. The van der Waals surface area contributed by atoms with Gasteiger partial charge in [0.1, 0.15) is 10.4 Å². The number of amides is 1. The van der Waals surface area contributed by atoms with Gasteiger partial charge in [0.15, 0.2) is 0 Å². The molecule has 0 aliphatic carbocycles. The normalized spacial score (nSPS) is 12.3. The van der Waals surface area contributed by atoms with Gasteiger partial charge >= 0.3 is 0 Å². The van der Waals surface area contributed by atoms with Gasteiger partial charge in [0.25, 0.3) is 5.91 Å². The summed E-state index contributed by atoms with van der Waals surface area (Å²) < 4.78 is 1.82. The maximum absolute atomic E-state index is 13.1. The van der Waals surface area contributed by atoms with E-state index in [1.54, 1.807) is 18.3 Å². The molecule has 176 valence electrons. The standard InChI is InChI=1S/C26H26ClN3O3S/c1-29(16-23(31)18-6-4-3-5-7-18)14-20-12-21-24(32)22(15-30(2)26(21)34-20)25(33)28-13-17-8-10-19(27)11-9-17/h3-12,15,23,31H,13-14,16H2,1-2H3,(H,28,33)/t23-/m1/s1. The molecule has 0 aliphatic rings. The maximum atomic E-state index is 13.1. The topological polar surface area (TPSA) is 74.6 Å². The Morgan fingerprint density at radius 2 is 1.88 bits per heavy atom. The highest BCUT2D eigenvalue weighted by atomic mass is 35.5. The summed E-state index contributed by atoms with van der Waals surface area (Å²) in [4.78, 5) is 29.7. The minimum atomic E-state index is -0.595. The molecule has 4 aromatic rings. The van der Waals surface area contributed by atoms with Gasteiger partial charge in [0.05, 0.1) is 11.5 Å². The number of fused-ring (bicyclic) bond motifs is 1. The Morgan fingerprint density at radius 1 is 1.18 bits per heavy atom. The van der Waals surface area contributed by atoms with Crippen LogP contribution in [-0.4, -0.2) is 34.1 Å². The fraction of sp³-hybridized carbons (Fsp3) is 0.231. The number of carbonyl (C=O) groups excluding carboxylic acids is 1. The first-order valence-electron chi connectivity index (χ1n) is 10.9. The van der Waals surface area contributed by atoms with Crippen LogP contribution in [0.15, 0.2) is 71.7 Å². The zero-order chi connectivity index (χ0) is 24.2. The summed E-state index contributed by atoms with van der Waals surface area (Å²) in [6, 6.07) is 18.6. The van der Waals surface area contributed by atoms with Crippen LogP contribution in [0.5, 0.6) is 0 Å². The lowest BCUT2D eigenvalue weighted by Crippen LogP contribution is -2.29.